The monoisotopic (exact) mass is 314 g/mol. The minimum atomic E-state index is -0.0474. The number of thiazole rings is 1. The van der Waals surface area contributed by atoms with E-state index >= 15 is 0 Å². The number of hydrogen-bond acceptors (Lipinski definition) is 4. The van der Waals surface area contributed by atoms with Crippen LogP contribution in [0.5, 0.6) is 0 Å². The molecular weight excluding hydrogens is 296 g/mol. The lowest BCUT2D eigenvalue weighted by molar-refractivity contribution is -0.116. The lowest BCUT2D eigenvalue weighted by Gasteiger charge is -2.05. The van der Waals surface area contributed by atoms with Crippen molar-refractivity contribution in [2.75, 3.05) is 5.32 Å². The molecule has 0 saturated heterocycles. The number of carbonyl (C=O) groups excluding carboxylic acids is 1. The zero-order valence-electron chi connectivity index (χ0n) is 12.9. The van der Waals surface area contributed by atoms with E-state index in [0.717, 1.165) is 22.6 Å². The summed E-state index contributed by atoms with van der Waals surface area (Å²) in [6, 6.07) is 6.34. The lowest BCUT2D eigenvalue weighted by Crippen LogP contribution is -2.11. The molecule has 2 aromatic heterocycles. The van der Waals surface area contributed by atoms with Gasteiger partial charge in [-0.3, -0.25) is 10.1 Å². The number of fused-ring (bicyclic) bond motifs is 1. The Labute approximate surface area is 133 Å². The van der Waals surface area contributed by atoms with Crippen molar-refractivity contribution in [3.05, 3.63) is 34.7 Å². The fourth-order valence-corrected chi connectivity index (χ4v) is 3.26. The highest BCUT2D eigenvalue weighted by molar-refractivity contribution is 7.15. The summed E-state index contributed by atoms with van der Waals surface area (Å²) in [5, 5.41) is 9.21. The molecule has 3 aromatic rings. The maximum Gasteiger partial charge on any atom is 0.250 e. The van der Waals surface area contributed by atoms with Gasteiger partial charge in [-0.1, -0.05) is 30.7 Å². The topological polar surface area (TPSA) is 59.3 Å². The van der Waals surface area contributed by atoms with Crippen LogP contribution in [0.1, 0.15) is 30.9 Å². The normalized spacial score (nSPS) is 11.0. The van der Waals surface area contributed by atoms with Crippen LogP contribution in [0.2, 0.25) is 0 Å². The van der Waals surface area contributed by atoms with Crippen molar-refractivity contribution in [2.24, 2.45) is 0 Å². The minimum Gasteiger partial charge on any atom is -0.293 e. The van der Waals surface area contributed by atoms with Gasteiger partial charge in [0.1, 0.15) is 0 Å². The van der Waals surface area contributed by atoms with E-state index < -0.39 is 0 Å². The minimum absolute atomic E-state index is 0.0474. The average Bonchev–Trinajstić information content (AvgIpc) is 2.99. The molecule has 0 spiro atoms. The van der Waals surface area contributed by atoms with Crippen LogP contribution in [0, 0.1) is 13.8 Å². The van der Waals surface area contributed by atoms with Crippen molar-refractivity contribution < 1.29 is 4.79 Å². The average molecular weight is 314 g/mol. The standard InChI is InChI=1S/C16H18N4OS/c1-4-5-14(21)17-15-18-16-20(19-15)13(9-22-16)12-7-6-10(2)8-11(12)3/h6-9H,4-5H2,1-3H3,(H,17,19,21). The molecule has 114 valence electrons. The van der Waals surface area contributed by atoms with Crippen molar-refractivity contribution in [2.45, 2.75) is 33.6 Å². The number of nitrogens with zero attached hydrogens (tertiary/aromatic N) is 3. The van der Waals surface area contributed by atoms with E-state index in [-0.39, 0.29) is 5.91 Å². The first-order valence-electron chi connectivity index (χ1n) is 7.30. The number of amides is 1. The number of carbonyl (C=O) groups is 1. The van der Waals surface area contributed by atoms with E-state index in [9.17, 15) is 4.79 Å². The van der Waals surface area contributed by atoms with Gasteiger partial charge in [-0.25, -0.2) is 4.52 Å². The van der Waals surface area contributed by atoms with Crippen molar-refractivity contribution in [1.82, 2.24) is 14.6 Å². The molecule has 2 heterocycles. The second-order valence-corrected chi connectivity index (χ2v) is 6.20. The molecule has 1 aromatic carbocycles. The highest BCUT2D eigenvalue weighted by Crippen LogP contribution is 2.28. The molecule has 0 fully saturated rings. The maximum absolute atomic E-state index is 11.7. The van der Waals surface area contributed by atoms with E-state index in [1.807, 2.05) is 12.3 Å². The van der Waals surface area contributed by atoms with Crippen molar-refractivity contribution in [1.29, 1.82) is 0 Å². The summed E-state index contributed by atoms with van der Waals surface area (Å²) in [6.45, 7) is 6.14. The van der Waals surface area contributed by atoms with Gasteiger partial charge in [0.15, 0.2) is 0 Å². The van der Waals surface area contributed by atoms with Gasteiger partial charge in [-0.05, 0) is 25.8 Å². The van der Waals surface area contributed by atoms with Gasteiger partial charge < -0.3 is 0 Å². The summed E-state index contributed by atoms with van der Waals surface area (Å²) in [5.41, 5.74) is 4.57. The number of hydrogen-bond donors (Lipinski definition) is 1. The molecule has 0 bridgehead atoms. The highest BCUT2D eigenvalue weighted by Gasteiger charge is 2.14. The third kappa shape index (κ3) is 2.74. The molecule has 0 aliphatic heterocycles. The van der Waals surface area contributed by atoms with Gasteiger partial charge in [0, 0.05) is 17.4 Å². The number of nitrogens with one attached hydrogen (secondary N) is 1. The Morgan fingerprint density at radius 3 is 2.91 bits per heavy atom. The quantitative estimate of drug-likeness (QED) is 0.796. The van der Waals surface area contributed by atoms with Crippen LogP contribution >= 0.6 is 11.3 Å². The van der Waals surface area contributed by atoms with Gasteiger partial charge in [-0.15, -0.1) is 16.4 Å². The third-order valence-electron chi connectivity index (χ3n) is 3.47. The van der Waals surface area contributed by atoms with Crippen LogP contribution in [-0.4, -0.2) is 20.5 Å². The molecule has 1 N–H and O–H groups in total. The van der Waals surface area contributed by atoms with E-state index in [2.05, 4.69) is 47.4 Å². The predicted molar refractivity (Wildman–Crippen MR) is 89.3 cm³/mol. The summed E-state index contributed by atoms with van der Waals surface area (Å²) in [7, 11) is 0. The third-order valence-corrected chi connectivity index (χ3v) is 4.28. The smallest absolute Gasteiger partial charge is 0.250 e. The maximum atomic E-state index is 11.7. The summed E-state index contributed by atoms with van der Waals surface area (Å²) in [4.78, 5) is 16.8. The highest BCUT2D eigenvalue weighted by atomic mass is 32.1. The summed E-state index contributed by atoms with van der Waals surface area (Å²) >= 11 is 1.52. The second-order valence-electron chi connectivity index (χ2n) is 5.37. The number of benzene rings is 1. The van der Waals surface area contributed by atoms with Gasteiger partial charge in [0.2, 0.25) is 16.8 Å². The van der Waals surface area contributed by atoms with Crippen molar-refractivity contribution >= 4 is 28.2 Å². The zero-order valence-corrected chi connectivity index (χ0v) is 13.7. The predicted octanol–water partition coefficient (Wildman–Crippen LogP) is 3.81. The molecule has 5 nitrogen and oxygen atoms in total. The lowest BCUT2D eigenvalue weighted by atomic mass is 10.0. The number of rotatable bonds is 4. The number of anilines is 1. The molecule has 0 aliphatic carbocycles. The van der Waals surface area contributed by atoms with E-state index in [1.165, 1.54) is 22.5 Å². The molecule has 0 atom stereocenters. The number of aromatic nitrogens is 3. The van der Waals surface area contributed by atoms with Crippen LogP contribution in [0.3, 0.4) is 0 Å². The molecule has 0 radical (unpaired) electrons. The van der Waals surface area contributed by atoms with Crippen LogP contribution in [-0.2, 0) is 4.79 Å². The summed E-state index contributed by atoms with van der Waals surface area (Å²) in [5.74, 6) is 0.324. The van der Waals surface area contributed by atoms with Crippen LogP contribution in [0.4, 0.5) is 5.95 Å². The first-order valence-corrected chi connectivity index (χ1v) is 8.18. The number of aryl methyl sites for hydroxylation is 2. The van der Waals surface area contributed by atoms with Gasteiger partial charge >= 0.3 is 0 Å². The van der Waals surface area contributed by atoms with E-state index in [0.29, 0.717) is 12.4 Å². The molecule has 0 saturated carbocycles. The molecule has 1 amide bonds. The van der Waals surface area contributed by atoms with Crippen molar-refractivity contribution in [3.8, 4) is 11.3 Å². The van der Waals surface area contributed by atoms with Crippen LogP contribution in [0.15, 0.2) is 23.6 Å². The summed E-state index contributed by atoms with van der Waals surface area (Å²) < 4.78 is 1.80. The van der Waals surface area contributed by atoms with Gasteiger partial charge in [0.05, 0.1) is 5.69 Å². The Hall–Kier alpha value is -2.21. The summed E-state index contributed by atoms with van der Waals surface area (Å²) in [6.07, 6.45) is 1.29. The molecule has 0 unspecified atom stereocenters. The Morgan fingerprint density at radius 2 is 2.18 bits per heavy atom. The Balaban J connectivity index is 1.98. The first-order chi connectivity index (χ1) is 10.6. The molecule has 22 heavy (non-hydrogen) atoms. The van der Waals surface area contributed by atoms with E-state index in [1.54, 1.807) is 4.52 Å². The fraction of sp³-hybridized carbons (Fsp3) is 0.312. The van der Waals surface area contributed by atoms with Crippen LogP contribution < -0.4 is 5.32 Å². The first kappa shape index (κ1) is 14.7. The molecule has 6 heteroatoms. The molecule has 0 aliphatic rings. The molecule has 3 rings (SSSR count). The zero-order chi connectivity index (χ0) is 15.7. The SMILES string of the molecule is CCCC(=O)Nc1nc2scc(-c3ccc(C)cc3C)n2n1. The Kier molecular flexibility index (Phi) is 3.94. The van der Waals surface area contributed by atoms with Crippen molar-refractivity contribution in [3.63, 3.8) is 0 Å². The largest absolute Gasteiger partial charge is 0.293 e. The fourth-order valence-electron chi connectivity index (χ4n) is 2.44. The van der Waals surface area contributed by atoms with Gasteiger partial charge in [-0.2, -0.15) is 4.98 Å². The van der Waals surface area contributed by atoms with Crippen LogP contribution in [0.25, 0.3) is 16.2 Å². The second kappa shape index (κ2) is 5.88. The van der Waals surface area contributed by atoms with Gasteiger partial charge in [0.25, 0.3) is 0 Å². The Morgan fingerprint density at radius 1 is 1.36 bits per heavy atom. The van der Waals surface area contributed by atoms with E-state index in [4.69, 9.17) is 0 Å². The molecular formula is C16H18N4OS. The Bertz CT molecular complexity index is 834.